The van der Waals surface area contributed by atoms with Crippen LogP contribution in [0.4, 0.5) is 0 Å². The SMILES string of the molecule is CCOC(=O)C(=O)NCCc1nnc(-c2ccccc2)o1. The number of nitrogens with zero attached hydrogens (tertiary/aromatic N) is 2. The number of hydrogen-bond acceptors (Lipinski definition) is 6. The summed E-state index contributed by atoms with van der Waals surface area (Å²) in [5.74, 6) is -0.868. The second kappa shape index (κ2) is 7.18. The summed E-state index contributed by atoms with van der Waals surface area (Å²) in [5.41, 5.74) is 0.826. The van der Waals surface area contributed by atoms with Crippen molar-refractivity contribution in [2.24, 2.45) is 0 Å². The zero-order valence-electron chi connectivity index (χ0n) is 11.5. The average molecular weight is 289 g/mol. The molecule has 2 rings (SSSR count). The van der Waals surface area contributed by atoms with Gasteiger partial charge in [0.2, 0.25) is 11.8 Å². The monoisotopic (exact) mass is 289 g/mol. The molecule has 0 spiro atoms. The highest BCUT2D eigenvalue weighted by Crippen LogP contribution is 2.16. The van der Waals surface area contributed by atoms with Crippen LogP contribution in [-0.4, -0.2) is 35.2 Å². The Morgan fingerprint density at radius 3 is 2.71 bits per heavy atom. The van der Waals surface area contributed by atoms with Crippen molar-refractivity contribution in [1.29, 1.82) is 0 Å². The Morgan fingerprint density at radius 1 is 1.24 bits per heavy atom. The first-order valence-corrected chi connectivity index (χ1v) is 6.53. The first kappa shape index (κ1) is 14.7. The van der Waals surface area contributed by atoms with Crippen molar-refractivity contribution in [3.63, 3.8) is 0 Å². The molecule has 7 heteroatoms. The Hall–Kier alpha value is -2.70. The van der Waals surface area contributed by atoms with Gasteiger partial charge in [0.15, 0.2) is 0 Å². The van der Waals surface area contributed by atoms with Gasteiger partial charge in [0.05, 0.1) is 6.61 Å². The largest absolute Gasteiger partial charge is 0.459 e. The minimum Gasteiger partial charge on any atom is -0.459 e. The van der Waals surface area contributed by atoms with Crippen LogP contribution in [0.3, 0.4) is 0 Å². The van der Waals surface area contributed by atoms with Crippen molar-refractivity contribution in [2.45, 2.75) is 13.3 Å². The number of carbonyl (C=O) groups is 2. The lowest BCUT2D eigenvalue weighted by molar-refractivity contribution is -0.154. The van der Waals surface area contributed by atoms with Crippen LogP contribution < -0.4 is 5.32 Å². The fourth-order valence-corrected chi connectivity index (χ4v) is 1.60. The molecule has 1 heterocycles. The molecule has 0 aliphatic carbocycles. The fraction of sp³-hybridized carbons (Fsp3) is 0.286. The third kappa shape index (κ3) is 4.13. The number of esters is 1. The van der Waals surface area contributed by atoms with E-state index in [1.165, 1.54) is 0 Å². The Kier molecular flexibility index (Phi) is 5.03. The number of hydrogen-bond donors (Lipinski definition) is 1. The summed E-state index contributed by atoms with van der Waals surface area (Å²) >= 11 is 0. The van der Waals surface area contributed by atoms with E-state index in [0.717, 1.165) is 5.56 Å². The maximum atomic E-state index is 11.3. The summed E-state index contributed by atoms with van der Waals surface area (Å²) in [5, 5.41) is 10.2. The van der Waals surface area contributed by atoms with Crippen molar-refractivity contribution in [2.75, 3.05) is 13.2 Å². The molecule has 1 N–H and O–H groups in total. The van der Waals surface area contributed by atoms with E-state index in [2.05, 4.69) is 20.3 Å². The standard InChI is InChI=1S/C14H15N3O4/c1-2-20-14(19)12(18)15-9-8-11-16-17-13(21-11)10-6-4-3-5-7-10/h3-7H,2,8-9H2,1H3,(H,15,18). The normalized spacial score (nSPS) is 10.1. The van der Waals surface area contributed by atoms with E-state index in [0.29, 0.717) is 18.2 Å². The lowest BCUT2D eigenvalue weighted by atomic mass is 10.2. The van der Waals surface area contributed by atoms with Gasteiger partial charge in [-0.15, -0.1) is 10.2 Å². The van der Waals surface area contributed by atoms with E-state index < -0.39 is 11.9 Å². The van der Waals surface area contributed by atoms with Crippen LogP contribution in [0.5, 0.6) is 0 Å². The quantitative estimate of drug-likeness (QED) is 0.650. The van der Waals surface area contributed by atoms with E-state index in [4.69, 9.17) is 4.42 Å². The number of aromatic nitrogens is 2. The molecule has 1 aromatic carbocycles. The molecule has 0 unspecified atom stereocenters. The molecule has 2 aromatic rings. The molecular formula is C14H15N3O4. The summed E-state index contributed by atoms with van der Waals surface area (Å²) < 4.78 is 10.0. The Morgan fingerprint density at radius 2 is 2.00 bits per heavy atom. The molecule has 0 atom stereocenters. The Balaban J connectivity index is 1.84. The molecule has 1 amide bonds. The second-order valence-corrected chi connectivity index (χ2v) is 4.09. The van der Waals surface area contributed by atoms with Crippen molar-refractivity contribution in [3.8, 4) is 11.5 Å². The van der Waals surface area contributed by atoms with Crippen LogP contribution in [0.2, 0.25) is 0 Å². The van der Waals surface area contributed by atoms with Crippen molar-refractivity contribution in [3.05, 3.63) is 36.2 Å². The highest BCUT2D eigenvalue weighted by molar-refractivity contribution is 6.32. The Labute approximate surface area is 121 Å². The van der Waals surface area contributed by atoms with Gasteiger partial charge < -0.3 is 14.5 Å². The summed E-state index contributed by atoms with van der Waals surface area (Å²) in [6.45, 7) is 2.01. The van der Waals surface area contributed by atoms with Gasteiger partial charge >= 0.3 is 11.9 Å². The van der Waals surface area contributed by atoms with Crippen molar-refractivity contribution < 1.29 is 18.7 Å². The van der Waals surface area contributed by atoms with Crippen LogP contribution in [0.1, 0.15) is 12.8 Å². The average Bonchev–Trinajstić information content (AvgIpc) is 2.97. The molecule has 0 fully saturated rings. The zero-order valence-corrected chi connectivity index (χ0v) is 11.5. The lowest BCUT2D eigenvalue weighted by Gasteiger charge is -2.02. The van der Waals surface area contributed by atoms with Gasteiger partial charge in [0.25, 0.3) is 0 Å². The third-order valence-corrected chi connectivity index (χ3v) is 2.57. The van der Waals surface area contributed by atoms with E-state index in [-0.39, 0.29) is 13.2 Å². The zero-order chi connectivity index (χ0) is 15.1. The maximum Gasteiger partial charge on any atom is 0.396 e. The molecule has 0 aliphatic heterocycles. The molecule has 0 bridgehead atoms. The third-order valence-electron chi connectivity index (χ3n) is 2.57. The minimum absolute atomic E-state index is 0.163. The van der Waals surface area contributed by atoms with Gasteiger partial charge in [-0.05, 0) is 19.1 Å². The Bertz CT molecular complexity index is 610. The molecule has 110 valence electrons. The number of carbonyl (C=O) groups excluding carboxylic acids is 2. The molecule has 0 saturated carbocycles. The number of ether oxygens (including phenoxy) is 1. The molecular weight excluding hydrogens is 274 g/mol. The van der Waals surface area contributed by atoms with Crippen LogP contribution in [0, 0.1) is 0 Å². The number of benzene rings is 1. The molecule has 1 aromatic heterocycles. The number of amides is 1. The number of rotatable bonds is 5. The topological polar surface area (TPSA) is 94.3 Å². The van der Waals surface area contributed by atoms with E-state index in [1.807, 2.05) is 30.3 Å². The second-order valence-electron chi connectivity index (χ2n) is 4.09. The van der Waals surface area contributed by atoms with Gasteiger partial charge in [-0.1, -0.05) is 18.2 Å². The van der Waals surface area contributed by atoms with Crippen LogP contribution in [0.15, 0.2) is 34.7 Å². The molecule has 0 radical (unpaired) electrons. The van der Waals surface area contributed by atoms with Crippen molar-refractivity contribution in [1.82, 2.24) is 15.5 Å². The predicted octanol–water partition coefficient (Wildman–Crippen LogP) is 0.958. The van der Waals surface area contributed by atoms with Gasteiger partial charge in [-0.3, -0.25) is 4.79 Å². The van der Waals surface area contributed by atoms with Gasteiger partial charge in [0, 0.05) is 18.5 Å². The van der Waals surface area contributed by atoms with Crippen LogP contribution in [0.25, 0.3) is 11.5 Å². The molecule has 0 saturated heterocycles. The first-order valence-electron chi connectivity index (χ1n) is 6.53. The summed E-state index contributed by atoms with van der Waals surface area (Å²) in [6.07, 6.45) is 0.338. The van der Waals surface area contributed by atoms with Gasteiger partial charge in [-0.25, -0.2) is 4.79 Å². The maximum absolute atomic E-state index is 11.3. The summed E-state index contributed by atoms with van der Waals surface area (Å²) in [4.78, 5) is 22.4. The fourth-order valence-electron chi connectivity index (χ4n) is 1.60. The van der Waals surface area contributed by atoms with Gasteiger partial charge in [0.1, 0.15) is 0 Å². The predicted molar refractivity (Wildman–Crippen MR) is 73.1 cm³/mol. The highest BCUT2D eigenvalue weighted by Gasteiger charge is 2.14. The van der Waals surface area contributed by atoms with E-state index in [9.17, 15) is 9.59 Å². The summed E-state index contributed by atoms with van der Waals surface area (Å²) in [7, 11) is 0. The molecule has 0 aliphatic rings. The van der Waals surface area contributed by atoms with Gasteiger partial charge in [-0.2, -0.15) is 0 Å². The van der Waals surface area contributed by atoms with Crippen LogP contribution >= 0.6 is 0 Å². The van der Waals surface area contributed by atoms with Crippen LogP contribution in [-0.2, 0) is 20.7 Å². The summed E-state index contributed by atoms with van der Waals surface area (Å²) in [6, 6.07) is 9.36. The molecule has 21 heavy (non-hydrogen) atoms. The minimum atomic E-state index is -0.895. The van der Waals surface area contributed by atoms with E-state index >= 15 is 0 Å². The smallest absolute Gasteiger partial charge is 0.396 e. The number of nitrogens with one attached hydrogen (secondary N) is 1. The lowest BCUT2D eigenvalue weighted by Crippen LogP contribution is -2.33. The van der Waals surface area contributed by atoms with Crippen molar-refractivity contribution >= 4 is 11.9 Å². The first-order chi connectivity index (χ1) is 10.2. The van der Waals surface area contributed by atoms with E-state index in [1.54, 1.807) is 6.92 Å². The highest BCUT2D eigenvalue weighted by atomic mass is 16.5. The molecule has 7 nitrogen and oxygen atoms in total.